The van der Waals surface area contributed by atoms with E-state index in [9.17, 15) is 4.79 Å². The predicted molar refractivity (Wildman–Crippen MR) is 24.2 cm³/mol. The summed E-state index contributed by atoms with van der Waals surface area (Å²) in [6.45, 7) is 0. The Bertz CT molecular complexity index is 73.3. The normalized spacial score (nSPS) is 13.4. The van der Waals surface area contributed by atoms with Crippen molar-refractivity contribution in [3.63, 3.8) is 0 Å². The van der Waals surface area contributed by atoms with Crippen LogP contribution in [0.1, 0.15) is 0 Å². The molecular formula is C2H2Cl2O3. The van der Waals surface area contributed by atoms with Gasteiger partial charge in [-0.15, -0.1) is 0 Å². The monoisotopic (exact) mass is 144 g/mol. The summed E-state index contributed by atoms with van der Waals surface area (Å²) in [5.74, 6) is -1.29. The lowest BCUT2D eigenvalue weighted by atomic mass is 10.8. The van der Waals surface area contributed by atoms with Crippen molar-refractivity contribution in [3.8, 4) is 0 Å². The van der Waals surface area contributed by atoms with Crippen molar-refractivity contribution in [2.45, 2.75) is 5.56 Å². The maximum atomic E-state index is 9.59. The van der Waals surface area contributed by atoms with Gasteiger partial charge in [0.2, 0.25) is 5.56 Å². The summed E-state index contributed by atoms with van der Waals surface area (Å²) in [4.78, 5) is 9.59. The van der Waals surface area contributed by atoms with Crippen LogP contribution in [0.3, 0.4) is 0 Å². The van der Waals surface area contributed by atoms with Crippen LogP contribution in [0.15, 0.2) is 0 Å². The molecule has 0 saturated carbocycles. The Labute approximate surface area is 50.0 Å². The number of alkyl halides is 1. The number of carboxylic acids is 1. The van der Waals surface area contributed by atoms with E-state index in [1.807, 2.05) is 0 Å². The van der Waals surface area contributed by atoms with Gasteiger partial charge in [-0.3, -0.25) is 0 Å². The van der Waals surface area contributed by atoms with Crippen LogP contribution in [0, 0.1) is 0 Å². The van der Waals surface area contributed by atoms with Crippen molar-refractivity contribution in [3.05, 3.63) is 0 Å². The van der Waals surface area contributed by atoms with Gasteiger partial charge in [0.1, 0.15) is 0 Å². The first-order valence-electron chi connectivity index (χ1n) is 1.32. The van der Waals surface area contributed by atoms with Gasteiger partial charge in [0.15, 0.2) is 0 Å². The first-order chi connectivity index (χ1) is 3.18. The Hall–Kier alpha value is 0.01000. The highest BCUT2D eigenvalue weighted by molar-refractivity contribution is 6.30. The Morgan fingerprint density at radius 2 is 2.29 bits per heavy atom. The van der Waals surface area contributed by atoms with Crippen LogP contribution in [-0.2, 0) is 9.08 Å². The fourth-order valence-electron chi connectivity index (χ4n) is 0.0381. The Morgan fingerprint density at radius 1 is 1.86 bits per heavy atom. The first-order valence-corrected chi connectivity index (χ1v) is 2.07. The van der Waals surface area contributed by atoms with Crippen molar-refractivity contribution in [2.75, 3.05) is 0 Å². The highest BCUT2D eigenvalue weighted by Crippen LogP contribution is 1.99. The maximum absolute atomic E-state index is 9.59. The topological polar surface area (TPSA) is 46.5 Å². The van der Waals surface area contributed by atoms with Crippen LogP contribution in [0.25, 0.3) is 0 Å². The van der Waals surface area contributed by atoms with Crippen LogP contribution in [0.4, 0.5) is 0 Å². The molecule has 0 aliphatic rings. The molecule has 0 aliphatic carbocycles. The van der Waals surface area contributed by atoms with Crippen molar-refractivity contribution >= 4 is 29.4 Å². The lowest BCUT2D eigenvalue weighted by molar-refractivity contribution is -0.141. The van der Waals surface area contributed by atoms with E-state index in [0.29, 0.717) is 0 Å². The van der Waals surface area contributed by atoms with Crippen LogP contribution < -0.4 is 0 Å². The van der Waals surface area contributed by atoms with E-state index in [2.05, 4.69) is 16.2 Å². The van der Waals surface area contributed by atoms with Gasteiger partial charge < -0.3 is 5.11 Å². The summed E-state index contributed by atoms with van der Waals surface area (Å²) in [6, 6.07) is 0. The van der Waals surface area contributed by atoms with Gasteiger partial charge in [0, 0.05) is 0 Å². The molecule has 7 heavy (non-hydrogen) atoms. The van der Waals surface area contributed by atoms with Crippen LogP contribution >= 0.6 is 23.5 Å². The van der Waals surface area contributed by atoms with Crippen molar-refractivity contribution < 1.29 is 14.2 Å². The molecule has 0 rings (SSSR count). The molecule has 1 atom stereocenters. The molecule has 0 fully saturated rings. The average Bonchev–Trinajstić information content (AvgIpc) is 1.65. The van der Waals surface area contributed by atoms with Crippen molar-refractivity contribution in [2.24, 2.45) is 0 Å². The Morgan fingerprint density at radius 3 is 2.29 bits per heavy atom. The first kappa shape index (κ1) is 7.01. The van der Waals surface area contributed by atoms with E-state index in [1.54, 1.807) is 0 Å². The van der Waals surface area contributed by atoms with Gasteiger partial charge in [-0.1, -0.05) is 11.6 Å². The molecule has 0 aliphatic heterocycles. The van der Waals surface area contributed by atoms with Crippen LogP contribution in [-0.4, -0.2) is 16.6 Å². The minimum atomic E-state index is -1.44. The molecule has 0 spiro atoms. The molecule has 0 aromatic carbocycles. The van der Waals surface area contributed by atoms with E-state index in [1.165, 1.54) is 0 Å². The zero-order valence-corrected chi connectivity index (χ0v) is 4.61. The summed E-state index contributed by atoms with van der Waals surface area (Å²) in [5, 5.41) is 7.84. The third kappa shape index (κ3) is 2.68. The SMILES string of the molecule is O=C(O)C(Cl)OCl. The second kappa shape index (κ2) is 3.07. The maximum Gasteiger partial charge on any atom is 0.350 e. The Kier molecular flexibility index (Phi) is 3.07. The van der Waals surface area contributed by atoms with Gasteiger partial charge in [0.05, 0.1) is 11.9 Å². The van der Waals surface area contributed by atoms with Crippen molar-refractivity contribution in [1.82, 2.24) is 0 Å². The molecule has 0 saturated heterocycles. The minimum absolute atomic E-state index is 1.29. The molecule has 42 valence electrons. The molecule has 0 aromatic rings. The third-order valence-electron chi connectivity index (χ3n) is 0.272. The highest BCUT2D eigenvalue weighted by Gasteiger charge is 2.11. The lowest BCUT2D eigenvalue weighted by Gasteiger charge is -1.92. The summed E-state index contributed by atoms with van der Waals surface area (Å²) in [5.41, 5.74) is -1.44. The minimum Gasteiger partial charge on any atom is -0.478 e. The molecule has 0 radical (unpaired) electrons. The number of rotatable bonds is 2. The zero-order valence-electron chi connectivity index (χ0n) is 3.10. The molecule has 1 unspecified atom stereocenters. The van der Waals surface area contributed by atoms with Gasteiger partial charge in [-0.2, -0.15) is 0 Å². The van der Waals surface area contributed by atoms with E-state index in [4.69, 9.17) is 16.7 Å². The van der Waals surface area contributed by atoms with Gasteiger partial charge in [0.25, 0.3) is 0 Å². The smallest absolute Gasteiger partial charge is 0.350 e. The summed E-state index contributed by atoms with van der Waals surface area (Å²) in [6.07, 6.45) is 0. The van der Waals surface area contributed by atoms with E-state index < -0.39 is 11.5 Å². The average molecular weight is 145 g/mol. The highest BCUT2D eigenvalue weighted by atomic mass is 35.5. The molecule has 0 heterocycles. The molecule has 0 aromatic heterocycles. The molecular weight excluding hydrogens is 143 g/mol. The predicted octanol–water partition coefficient (Wildman–Crippen LogP) is 0.806. The van der Waals surface area contributed by atoms with E-state index in [-0.39, 0.29) is 0 Å². The number of hydrogen-bond acceptors (Lipinski definition) is 2. The van der Waals surface area contributed by atoms with Crippen LogP contribution in [0.5, 0.6) is 0 Å². The molecule has 1 N–H and O–H groups in total. The molecule has 0 bridgehead atoms. The third-order valence-corrected chi connectivity index (χ3v) is 0.818. The summed E-state index contributed by atoms with van der Waals surface area (Å²) >= 11 is 9.38. The van der Waals surface area contributed by atoms with Crippen molar-refractivity contribution in [1.29, 1.82) is 0 Å². The lowest BCUT2D eigenvalue weighted by Crippen LogP contribution is -2.12. The number of carboxylic acid groups (broad SMARTS) is 1. The Balaban J connectivity index is 3.34. The quantitative estimate of drug-likeness (QED) is 0.584. The van der Waals surface area contributed by atoms with Gasteiger partial charge in [-0.05, 0) is 0 Å². The van der Waals surface area contributed by atoms with E-state index >= 15 is 0 Å². The van der Waals surface area contributed by atoms with E-state index in [0.717, 1.165) is 0 Å². The molecule has 5 heteroatoms. The van der Waals surface area contributed by atoms with Gasteiger partial charge >= 0.3 is 5.97 Å². The van der Waals surface area contributed by atoms with Crippen LogP contribution in [0.2, 0.25) is 0 Å². The largest absolute Gasteiger partial charge is 0.478 e. The van der Waals surface area contributed by atoms with Gasteiger partial charge in [-0.25, -0.2) is 9.08 Å². The number of carbonyl (C=O) groups is 1. The standard InChI is InChI=1S/C2H2Cl2O3/c3-1(7-4)2(5)6/h1H,(H,5,6). The molecule has 0 amide bonds. The summed E-state index contributed by atoms with van der Waals surface area (Å²) < 4.78 is 3.65. The second-order valence-electron chi connectivity index (χ2n) is 0.743. The fourth-order valence-corrected chi connectivity index (χ4v) is 0.114. The fraction of sp³-hybridized carbons (Fsp3) is 0.500. The molecule has 3 nitrogen and oxygen atoms in total. The number of aliphatic carboxylic acids is 1. The summed E-state index contributed by atoms with van der Waals surface area (Å²) in [7, 11) is 0. The number of hydrogen-bond donors (Lipinski definition) is 1. The second-order valence-corrected chi connectivity index (χ2v) is 1.32. The zero-order chi connectivity index (χ0) is 5.86. The number of halogens is 2.